The summed E-state index contributed by atoms with van der Waals surface area (Å²) >= 11 is 10.8. The minimum atomic E-state index is 0.823. The molecule has 0 unspecified atom stereocenters. The van der Waals surface area contributed by atoms with Gasteiger partial charge in [-0.05, 0) is 19.1 Å². The van der Waals surface area contributed by atoms with E-state index in [1.54, 1.807) is 11.3 Å². The largest absolute Gasteiger partial charge is 0.143 e. The summed E-state index contributed by atoms with van der Waals surface area (Å²) in [4.78, 5) is 1.21. The van der Waals surface area contributed by atoms with Crippen LogP contribution in [-0.4, -0.2) is 5.33 Å². The smallest absolute Gasteiger partial charge is 0.0519 e. The first-order valence-electron chi connectivity index (χ1n) is 3.19. The van der Waals surface area contributed by atoms with Gasteiger partial charge in [-0.3, -0.25) is 0 Å². The highest BCUT2D eigenvalue weighted by molar-refractivity contribution is 9.09. The number of rotatable bonds is 2. The van der Waals surface area contributed by atoms with Crippen molar-refractivity contribution in [2.24, 2.45) is 0 Å². The first-order chi connectivity index (χ1) is 5.22. The monoisotopic (exact) mass is 250 g/mol. The van der Waals surface area contributed by atoms with Crippen molar-refractivity contribution in [3.63, 3.8) is 0 Å². The zero-order valence-electron chi connectivity index (χ0n) is 6.10. The van der Waals surface area contributed by atoms with E-state index >= 15 is 0 Å². The maximum absolute atomic E-state index is 5.76. The summed E-state index contributed by atoms with van der Waals surface area (Å²) in [5.41, 5.74) is 1.31. The third-order valence-corrected chi connectivity index (χ3v) is 3.30. The Bertz CT molecular complexity index is 265. The van der Waals surface area contributed by atoms with E-state index < -0.39 is 0 Å². The third-order valence-electron chi connectivity index (χ3n) is 1.19. The summed E-state index contributed by atoms with van der Waals surface area (Å²) in [6.07, 6.45) is 2.13. The van der Waals surface area contributed by atoms with Gasteiger partial charge in [-0.15, -0.1) is 11.3 Å². The Morgan fingerprint density at radius 2 is 2.55 bits per heavy atom. The molecule has 0 saturated carbocycles. The molecule has 0 spiro atoms. The Hall–Kier alpha value is 0.210. The van der Waals surface area contributed by atoms with Crippen molar-refractivity contribution < 1.29 is 0 Å². The normalized spacial score (nSPS) is 12.1. The molecule has 0 aliphatic heterocycles. The quantitative estimate of drug-likeness (QED) is 0.691. The number of alkyl halides is 1. The van der Waals surface area contributed by atoms with Gasteiger partial charge in [0.15, 0.2) is 0 Å². The second-order valence-electron chi connectivity index (χ2n) is 2.29. The fourth-order valence-electron chi connectivity index (χ4n) is 0.685. The molecule has 60 valence electrons. The molecule has 1 aromatic rings. The number of thiophene rings is 1. The summed E-state index contributed by atoms with van der Waals surface area (Å²) in [5.74, 6) is 0. The summed E-state index contributed by atoms with van der Waals surface area (Å²) in [6, 6.07) is 1.97. The predicted octanol–water partition coefficient (Wildman–Crippen LogP) is 4.20. The van der Waals surface area contributed by atoms with Crippen LogP contribution in [0, 0.1) is 0 Å². The van der Waals surface area contributed by atoms with E-state index in [1.165, 1.54) is 10.5 Å². The van der Waals surface area contributed by atoms with Gasteiger partial charge < -0.3 is 0 Å². The number of halogens is 2. The molecule has 0 amide bonds. The fourth-order valence-corrected chi connectivity index (χ4v) is 1.94. The lowest BCUT2D eigenvalue weighted by atomic mass is 10.3. The summed E-state index contributed by atoms with van der Waals surface area (Å²) < 4.78 is 0. The van der Waals surface area contributed by atoms with Crippen LogP contribution in [0.25, 0.3) is 6.08 Å². The van der Waals surface area contributed by atoms with Gasteiger partial charge in [0.2, 0.25) is 0 Å². The molecular formula is C8H8BrClS. The molecule has 0 aliphatic carbocycles. The lowest BCUT2D eigenvalue weighted by Crippen LogP contribution is -1.72. The Morgan fingerprint density at radius 1 is 1.82 bits per heavy atom. The van der Waals surface area contributed by atoms with Crippen molar-refractivity contribution in [2.75, 3.05) is 5.33 Å². The van der Waals surface area contributed by atoms with Crippen molar-refractivity contribution in [1.82, 2.24) is 0 Å². The standard InChI is InChI=1S/C8H8BrClS/c1-6(4-9)2-8-3-7(10)5-11-8/h2-3,5H,4H2,1H3/b6-2+. The molecule has 1 heterocycles. The molecule has 1 aromatic heterocycles. The van der Waals surface area contributed by atoms with Crippen molar-refractivity contribution >= 4 is 44.9 Å². The molecule has 3 heteroatoms. The molecule has 0 radical (unpaired) electrons. The van der Waals surface area contributed by atoms with Crippen molar-refractivity contribution in [3.05, 3.63) is 26.9 Å². The Balaban J connectivity index is 2.78. The molecule has 0 atom stereocenters. The van der Waals surface area contributed by atoms with Gasteiger partial charge >= 0.3 is 0 Å². The van der Waals surface area contributed by atoms with Crippen LogP contribution in [0.2, 0.25) is 5.02 Å². The Kier molecular flexibility index (Phi) is 3.63. The highest BCUT2D eigenvalue weighted by Crippen LogP contribution is 2.21. The van der Waals surface area contributed by atoms with Gasteiger partial charge in [-0.1, -0.05) is 33.1 Å². The summed E-state index contributed by atoms with van der Waals surface area (Å²) in [5, 5.41) is 3.68. The van der Waals surface area contributed by atoms with Gasteiger partial charge in [0.05, 0.1) is 5.02 Å². The van der Waals surface area contributed by atoms with Crippen molar-refractivity contribution in [3.8, 4) is 0 Å². The summed E-state index contributed by atoms with van der Waals surface area (Å²) in [6.45, 7) is 2.09. The average Bonchev–Trinajstić information content (AvgIpc) is 2.35. The van der Waals surface area contributed by atoms with E-state index in [0.29, 0.717) is 0 Å². The van der Waals surface area contributed by atoms with Gasteiger partial charge in [0.25, 0.3) is 0 Å². The van der Waals surface area contributed by atoms with Crippen LogP contribution in [0.3, 0.4) is 0 Å². The lowest BCUT2D eigenvalue weighted by molar-refractivity contribution is 1.46. The highest BCUT2D eigenvalue weighted by atomic mass is 79.9. The van der Waals surface area contributed by atoms with E-state index in [2.05, 4.69) is 28.9 Å². The maximum atomic E-state index is 5.76. The van der Waals surface area contributed by atoms with Gasteiger partial charge in [-0.25, -0.2) is 0 Å². The van der Waals surface area contributed by atoms with Crippen LogP contribution >= 0.6 is 38.9 Å². The van der Waals surface area contributed by atoms with Crippen LogP contribution in [0.1, 0.15) is 11.8 Å². The molecule has 0 fully saturated rings. The fraction of sp³-hybridized carbons (Fsp3) is 0.250. The predicted molar refractivity (Wildman–Crippen MR) is 56.8 cm³/mol. The average molecular weight is 252 g/mol. The first-order valence-corrected chi connectivity index (χ1v) is 5.57. The van der Waals surface area contributed by atoms with Crippen LogP contribution in [-0.2, 0) is 0 Å². The minimum Gasteiger partial charge on any atom is -0.143 e. The highest BCUT2D eigenvalue weighted by Gasteiger charge is 1.93. The van der Waals surface area contributed by atoms with E-state index in [9.17, 15) is 0 Å². The van der Waals surface area contributed by atoms with Gasteiger partial charge in [0, 0.05) is 15.6 Å². The van der Waals surface area contributed by atoms with E-state index in [1.807, 2.05) is 11.4 Å². The van der Waals surface area contributed by atoms with Crippen molar-refractivity contribution in [1.29, 1.82) is 0 Å². The molecule has 0 saturated heterocycles. The van der Waals surface area contributed by atoms with E-state index in [-0.39, 0.29) is 0 Å². The topological polar surface area (TPSA) is 0 Å². The Labute approximate surface area is 84.0 Å². The van der Waals surface area contributed by atoms with Crippen LogP contribution in [0.5, 0.6) is 0 Å². The molecular weight excluding hydrogens is 244 g/mol. The second kappa shape index (κ2) is 4.29. The maximum Gasteiger partial charge on any atom is 0.0519 e. The van der Waals surface area contributed by atoms with E-state index in [0.717, 1.165) is 10.4 Å². The molecule has 0 aromatic carbocycles. The van der Waals surface area contributed by atoms with Crippen LogP contribution < -0.4 is 0 Å². The number of allylic oxidation sites excluding steroid dienone is 1. The Morgan fingerprint density at radius 3 is 3.00 bits per heavy atom. The van der Waals surface area contributed by atoms with Gasteiger partial charge in [0.1, 0.15) is 0 Å². The third kappa shape index (κ3) is 2.97. The zero-order valence-corrected chi connectivity index (χ0v) is 9.26. The summed E-state index contributed by atoms with van der Waals surface area (Å²) in [7, 11) is 0. The molecule has 0 bridgehead atoms. The second-order valence-corrected chi connectivity index (χ2v) is 4.23. The molecule has 0 nitrogen and oxygen atoms in total. The lowest BCUT2D eigenvalue weighted by Gasteiger charge is -1.89. The number of hydrogen-bond acceptors (Lipinski definition) is 1. The van der Waals surface area contributed by atoms with Crippen molar-refractivity contribution in [2.45, 2.75) is 6.92 Å². The van der Waals surface area contributed by atoms with E-state index in [4.69, 9.17) is 11.6 Å². The minimum absolute atomic E-state index is 0.823. The molecule has 0 N–H and O–H groups in total. The zero-order chi connectivity index (χ0) is 8.27. The van der Waals surface area contributed by atoms with Crippen LogP contribution in [0.4, 0.5) is 0 Å². The molecule has 0 aliphatic rings. The van der Waals surface area contributed by atoms with Gasteiger partial charge in [-0.2, -0.15) is 0 Å². The first kappa shape index (κ1) is 9.30. The van der Waals surface area contributed by atoms with Crippen LogP contribution in [0.15, 0.2) is 17.0 Å². The molecule has 11 heavy (non-hydrogen) atoms. The number of hydrogen-bond donors (Lipinski definition) is 0. The molecule has 1 rings (SSSR count). The SMILES string of the molecule is C/C(=C\c1cc(Cl)cs1)CBr.